The molecule has 0 N–H and O–H groups in total. The molecule has 0 radical (unpaired) electrons. The molecule has 1 heterocycles. The van der Waals surface area contributed by atoms with Crippen molar-refractivity contribution in [2.75, 3.05) is 4.90 Å². The molecule has 0 aromatic heterocycles. The van der Waals surface area contributed by atoms with Crippen LogP contribution in [0.15, 0.2) is 249 Å². The van der Waals surface area contributed by atoms with E-state index in [1.807, 2.05) is 0 Å². The van der Waals surface area contributed by atoms with Crippen LogP contribution in [0, 0.1) is 0 Å². The molecule has 0 amide bonds. The Morgan fingerprint density at radius 1 is 0.266 bits per heavy atom. The van der Waals surface area contributed by atoms with Gasteiger partial charge < -0.3 is 9.64 Å². The number of hydrogen-bond donors (Lipinski definition) is 0. The molecule has 12 rings (SSSR count). The Bertz CT molecular complexity index is 3480. The number of rotatable bonds is 7. The second-order valence-electron chi connectivity index (χ2n) is 16.5. The highest BCUT2D eigenvalue weighted by atomic mass is 16.5. The Morgan fingerprint density at radius 3 is 1.34 bits per heavy atom. The maximum atomic E-state index is 7.22. The molecular formula is C62H41NO. The average Bonchev–Trinajstić information content (AvgIpc) is 3.50. The van der Waals surface area contributed by atoms with Crippen LogP contribution in [0.25, 0.3) is 88.3 Å². The average molecular weight is 816 g/mol. The van der Waals surface area contributed by atoms with E-state index >= 15 is 0 Å². The van der Waals surface area contributed by atoms with Gasteiger partial charge in [0.25, 0.3) is 0 Å². The highest BCUT2D eigenvalue weighted by Crippen LogP contribution is 2.54. The van der Waals surface area contributed by atoms with Crippen molar-refractivity contribution < 1.29 is 4.74 Å². The summed E-state index contributed by atoms with van der Waals surface area (Å²) in [5.41, 5.74) is 16.9. The van der Waals surface area contributed by atoms with E-state index in [1.165, 1.54) is 54.9 Å². The van der Waals surface area contributed by atoms with E-state index in [2.05, 4.69) is 254 Å². The summed E-state index contributed by atoms with van der Waals surface area (Å²) in [5.74, 6) is 1.64. The van der Waals surface area contributed by atoms with Gasteiger partial charge in [0.05, 0.1) is 5.69 Å². The van der Waals surface area contributed by atoms with Crippen molar-refractivity contribution in [2.24, 2.45) is 0 Å². The van der Waals surface area contributed by atoms with Crippen molar-refractivity contribution in [2.45, 2.75) is 0 Å². The van der Waals surface area contributed by atoms with Gasteiger partial charge in [-0.2, -0.15) is 0 Å². The molecule has 0 saturated carbocycles. The molecular weight excluding hydrogens is 775 g/mol. The first-order chi connectivity index (χ1) is 31.7. The number of anilines is 3. The van der Waals surface area contributed by atoms with Crippen LogP contribution in [0.4, 0.5) is 17.1 Å². The van der Waals surface area contributed by atoms with Crippen LogP contribution in [0.5, 0.6) is 11.5 Å². The van der Waals surface area contributed by atoms with E-state index in [0.29, 0.717) is 0 Å². The van der Waals surface area contributed by atoms with Crippen LogP contribution in [0.1, 0.15) is 0 Å². The van der Waals surface area contributed by atoms with Gasteiger partial charge in [-0.1, -0.05) is 188 Å². The van der Waals surface area contributed by atoms with Crippen LogP contribution < -0.4 is 9.64 Å². The van der Waals surface area contributed by atoms with Crippen LogP contribution in [0.2, 0.25) is 0 Å². The Kier molecular flexibility index (Phi) is 9.20. The van der Waals surface area contributed by atoms with Gasteiger partial charge in [0.2, 0.25) is 0 Å². The highest BCUT2D eigenvalue weighted by Gasteiger charge is 2.28. The minimum absolute atomic E-state index is 0.809. The number of fused-ring (bicyclic) bond motifs is 7. The second-order valence-corrected chi connectivity index (χ2v) is 16.5. The van der Waals surface area contributed by atoms with E-state index < -0.39 is 0 Å². The van der Waals surface area contributed by atoms with Crippen molar-refractivity contribution in [1.82, 2.24) is 0 Å². The molecule has 300 valence electrons. The fourth-order valence-corrected chi connectivity index (χ4v) is 9.47. The SMILES string of the molecule is c1ccc(-c2ccc(-c3ccc(N(c4ccc(-c5ccccc5)cc4)c4cccc5c4-c4cc6ccccc6cc4-c4ccc(-c6cccc7ccccc67)cc4O5)cc3)cc2)cc1. The topological polar surface area (TPSA) is 12.5 Å². The summed E-state index contributed by atoms with van der Waals surface area (Å²) >= 11 is 0. The number of hydrogen-bond acceptors (Lipinski definition) is 2. The Labute approximate surface area is 373 Å². The molecule has 2 heteroatoms. The zero-order valence-corrected chi connectivity index (χ0v) is 35.0. The molecule has 11 aromatic carbocycles. The van der Waals surface area contributed by atoms with Crippen molar-refractivity contribution >= 4 is 38.6 Å². The van der Waals surface area contributed by atoms with Crippen LogP contribution in [0.3, 0.4) is 0 Å². The van der Waals surface area contributed by atoms with Crippen molar-refractivity contribution in [3.8, 4) is 78.3 Å². The summed E-state index contributed by atoms with van der Waals surface area (Å²) in [6, 6.07) is 89.5. The summed E-state index contributed by atoms with van der Waals surface area (Å²) in [4.78, 5) is 2.38. The Balaban J connectivity index is 1.03. The van der Waals surface area contributed by atoms with Gasteiger partial charge in [-0.15, -0.1) is 0 Å². The van der Waals surface area contributed by atoms with Crippen molar-refractivity contribution in [3.63, 3.8) is 0 Å². The predicted molar refractivity (Wildman–Crippen MR) is 269 cm³/mol. The lowest BCUT2D eigenvalue weighted by molar-refractivity contribution is 0.488. The van der Waals surface area contributed by atoms with E-state index in [0.717, 1.165) is 61.9 Å². The van der Waals surface area contributed by atoms with E-state index in [9.17, 15) is 0 Å². The first kappa shape index (κ1) is 37.3. The standard InChI is InChI=1S/C62H41NO/c1-3-13-42(14-4-1)44-25-27-45(28-26-44)47-31-36-53(37-32-47)63(52-34-29-46(30-35-52)43-15-5-2-6-16-43)59-23-12-24-60-62(59)58-40-50-19-8-7-18-49(50)39-57(58)56-38-33-51(41-61(56)64-60)55-22-11-20-48-17-9-10-21-54(48)55/h1-41H. The summed E-state index contributed by atoms with van der Waals surface area (Å²) in [6.07, 6.45) is 0. The Morgan fingerprint density at radius 2 is 0.734 bits per heavy atom. The molecule has 0 saturated heterocycles. The molecule has 2 nitrogen and oxygen atoms in total. The molecule has 0 spiro atoms. The fraction of sp³-hybridized carbons (Fsp3) is 0. The van der Waals surface area contributed by atoms with Gasteiger partial charge in [0.15, 0.2) is 0 Å². The molecule has 1 aliphatic heterocycles. The molecule has 0 atom stereocenters. The molecule has 0 unspecified atom stereocenters. The van der Waals surface area contributed by atoms with Crippen LogP contribution >= 0.6 is 0 Å². The van der Waals surface area contributed by atoms with Gasteiger partial charge in [-0.05, 0) is 138 Å². The number of ether oxygens (including phenoxy) is 1. The first-order valence-electron chi connectivity index (χ1n) is 21.9. The second kappa shape index (κ2) is 15.8. The molecule has 0 bridgehead atoms. The van der Waals surface area contributed by atoms with Gasteiger partial charge in [0.1, 0.15) is 11.5 Å². The third kappa shape index (κ3) is 6.70. The van der Waals surface area contributed by atoms with Crippen LogP contribution in [-0.4, -0.2) is 0 Å². The van der Waals surface area contributed by atoms with Crippen molar-refractivity contribution in [3.05, 3.63) is 249 Å². The highest BCUT2D eigenvalue weighted by molar-refractivity contribution is 6.05. The third-order valence-corrected chi connectivity index (χ3v) is 12.7. The number of benzene rings is 11. The predicted octanol–water partition coefficient (Wildman–Crippen LogP) is 17.6. The monoisotopic (exact) mass is 815 g/mol. The Hall–Kier alpha value is -8.46. The lowest BCUT2D eigenvalue weighted by Gasteiger charge is -2.29. The van der Waals surface area contributed by atoms with Gasteiger partial charge in [-0.25, -0.2) is 0 Å². The van der Waals surface area contributed by atoms with E-state index in [-0.39, 0.29) is 0 Å². The molecule has 0 aliphatic carbocycles. The fourth-order valence-electron chi connectivity index (χ4n) is 9.47. The summed E-state index contributed by atoms with van der Waals surface area (Å²) < 4.78 is 7.22. The summed E-state index contributed by atoms with van der Waals surface area (Å²) in [7, 11) is 0. The number of nitrogens with zero attached hydrogens (tertiary/aromatic N) is 1. The zero-order chi connectivity index (χ0) is 42.4. The molecule has 11 aromatic rings. The first-order valence-corrected chi connectivity index (χ1v) is 21.9. The van der Waals surface area contributed by atoms with Gasteiger partial charge >= 0.3 is 0 Å². The summed E-state index contributed by atoms with van der Waals surface area (Å²) in [5, 5.41) is 4.80. The van der Waals surface area contributed by atoms with E-state index in [4.69, 9.17) is 4.74 Å². The van der Waals surface area contributed by atoms with Gasteiger partial charge in [-0.3, -0.25) is 0 Å². The maximum Gasteiger partial charge on any atom is 0.137 e. The largest absolute Gasteiger partial charge is 0.456 e. The minimum atomic E-state index is 0.809. The lowest BCUT2D eigenvalue weighted by Crippen LogP contribution is -2.11. The van der Waals surface area contributed by atoms with Gasteiger partial charge in [0, 0.05) is 22.5 Å². The van der Waals surface area contributed by atoms with Crippen molar-refractivity contribution in [1.29, 1.82) is 0 Å². The molecule has 0 fully saturated rings. The quantitative estimate of drug-likeness (QED) is 0.159. The van der Waals surface area contributed by atoms with E-state index in [1.54, 1.807) is 0 Å². The smallest absolute Gasteiger partial charge is 0.137 e. The lowest BCUT2D eigenvalue weighted by atomic mass is 9.89. The zero-order valence-electron chi connectivity index (χ0n) is 35.0. The third-order valence-electron chi connectivity index (χ3n) is 12.7. The normalized spacial score (nSPS) is 11.6. The maximum absolute atomic E-state index is 7.22. The molecule has 64 heavy (non-hydrogen) atoms. The summed E-state index contributed by atoms with van der Waals surface area (Å²) in [6.45, 7) is 0. The minimum Gasteiger partial charge on any atom is -0.456 e. The van der Waals surface area contributed by atoms with Crippen LogP contribution in [-0.2, 0) is 0 Å². The molecule has 1 aliphatic rings.